The van der Waals surface area contributed by atoms with Crippen molar-refractivity contribution in [3.05, 3.63) is 52.2 Å². The number of nitrogens with zero attached hydrogens (tertiary/aromatic N) is 1. The van der Waals surface area contributed by atoms with E-state index in [0.717, 1.165) is 18.3 Å². The van der Waals surface area contributed by atoms with Gasteiger partial charge in [-0.3, -0.25) is 4.99 Å². The lowest BCUT2D eigenvalue weighted by molar-refractivity contribution is 0.224. The van der Waals surface area contributed by atoms with Gasteiger partial charge in [-0.25, -0.2) is 0 Å². The van der Waals surface area contributed by atoms with Crippen LogP contribution in [0.25, 0.3) is 0 Å². The fraction of sp³-hybridized carbons (Fsp3) is 0.353. The van der Waals surface area contributed by atoms with E-state index in [-0.39, 0.29) is 30.1 Å². The van der Waals surface area contributed by atoms with Gasteiger partial charge in [-0.1, -0.05) is 17.7 Å². The van der Waals surface area contributed by atoms with E-state index in [0.29, 0.717) is 6.54 Å². The first-order chi connectivity index (χ1) is 10.7. The molecule has 0 aliphatic carbocycles. The number of benzene rings is 1. The van der Waals surface area contributed by atoms with Gasteiger partial charge in [-0.2, -0.15) is 11.3 Å². The quantitative estimate of drug-likeness (QED) is 0.404. The van der Waals surface area contributed by atoms with Crippen molar-refractivity contribution in [1.29, 1.82) is 0 Å². The molecular formula is C17H24IN3OS. The highest BCUT2D eigenvalue weighted by Gasteiger charge is 2.05. The Kier molecular flexibility index (Phi) is 9.01. The molecular weight excluding hydrogens is 421 g/mol. The predicted octanol–water partition coefficient (Wildman–Crippen LogP) is 3.81. The third-order valence-corrected chi connectivity index (χ3v) is 3.91. The lowest BCUT2D eigenvalue weighted by Gasteiger charge is -2.17. The molecule has 0 radical (unpaired) electrons. The highest BCUT2D eigenvalue weighted by atomic mass is 127. The molecule has 0 amide bonds. The Morgan fingerprint density at radius 1 is 1.22 bits per heavy atom. The molecule has 1 aromatic carbocycles. The largest absolute Gasteiger partial charge is 0.489 e. The van der Waals surface area contributed by atoms with Gasteiger partial charge in [-0.05, 0) is 48.4 Å². The summed E-state index contributed by atoms with van der Waals surface area (Å²) in [6.45, 7) is 5.57. The summed E-state index contributed by atoms with van der Waals surface area (Å²) in [6.07, 6.45) is 0.0578. The van der Waals surface area contributed by atoms with Gasteiger partial charge in [0, 0.05) is 13.6 Å². The van der Waals surface area contributed by atoms with E-state index in [2.05, 4.69) is 51.5 Å². The average molecular weight is 445 g/mol. The Balaban J connectivity index is 0.00000264. The van der Waals surface area contributed by atoms with Gasteiger partial charge in [0.05, 0.1) is 6.54 Å². The van der Waals surface area contributed by atoms with Crippen LogP contribution in [0.4, 0.5) is 0 Å². The van der Waals surface area contributed by atoms with Crippen molar-refractivity contribution >= 4 is 41.3 Å². The van der Waals surface area contributed by atoms with Crippen LogP contribution in [0.2, 0.25) is 0 Å². The van der Waals surface area contributed by atoms with Crippen molar-refractivity contribution in [2.45, 2.75) is 26.5 Å². The second kappa shape index (κ2) is 10.5. The van der Waals surface area contributed by atoms with Crippen LogP contribution in [-0.4, -0.2) is 25.7 Å². The minimum atomic E-state index is 0. The molecule has 0 aliphatic heterocycles. The summed E-state index contributed by atoms with van der Waals surface area (Å²) in [7, 11) is 1.77. The van der Waals surface area contributed by atoms with E-state index >= 15 is 0 Å². The first kappa shape index (κ1) is 19.8. The molecule has 0 aliphatic rings. The van der Waals surface area contributed by atoms with Crippen molar-refractivity contribution in [3.63, 3.8) is 0 Å². The van der Waals surface area contributed by atoms with Crippen LogP contribution in [0, 0.1) is 6.92 Å². The summed E-state index contributed by atoms with van der Waals surface area (Å²) in [4.78, 5) is 4.22. The van der Waals surface area contributed by atoms with Crippen LogP contribution >= 0.6 is 35.3 Å². The zero-order valence-corrected chi connectivity index (χ0v) is 16.9. The minimum Gasteiger partial charge on any atom is -0.489 e. The molecule has 2 rings (SSSR count). The molecule has 4 nitrogen and oxygen atoms in total. The first-order valence-electron chi connectivity index (χ1n) is 7.36. The molecule has 2 aromatic rings. The number of ether oxygens (including phenoxy) is 1. The van der Waals surface area contributed by atoms with Crippen molar-refractivity contribution in [2.75, 3.05) is 13.6 Å². The van der Waals surface area contributed by atoms with Crippen LogP contribution in [0.3, 0.4) is 0 Å². The molecule has 2 N–H and O–H groups in total. The zero-order valence-electron chi connectivity index (χ0n) is 13.7. The summed E-state index contributed by atoms with van der Waals surface area (Å²) in [5, 5.41) is 10.8. The molecule has 0 fully saturated rings. The summed E-state index contributed by atoms with van der Waals surface area (Å²) >= 11 is 1.70. The van der Waals surface area contributed by atoms with Gasteiger partial charge < -0.3 is 15.4 Å². The summed E-state index contributed by atoms with van der Waals surface area (Å²) < 4.78 is 5.87. The van der Waals surface area contributed by atoms with Crippen molar-refractivity contribution < 1.29 is 4.74 Å². The average Bonchev–Trinajstić information content (AvgIpc) is 3.03. The van der Waals surface area contributed by atoms with E-state index in [1.165, 1.54) is 11.1 Å². The monoisotopic (exact) mass is 445 g/mol. The number of aryl methyl sites for hydroxylation is 1. The smallest absolute Gasteiger partial charge is 0.191 e. The number of guanidine groups is 1. The fourth-order valence-corrected chi connectivity index (χ4v) is 2.60. The Morgan fingerprint density at radius 3 is 2.57 bits per heavy atom. The Bertz CT molecular complexity index is 584. The predicted molar refractivity (Wildman–Crippen MR) is 109 cm³/mol. The number of rotatable bonds is 6. The molecule has 6 heteroatoms. The standard InChI is InChI=1S/C17H23N3OS.HI/c1-13-4-6-16(7-5-13)21-14(2)10-19-17(18-3)20-11-15-8-9-22-12-15;/h4-9,12,14H,10-11H2,1-3H3,(H2,18,19,20);1H. The molecule has 0 bridgehead atoms. The molecule has 0 saturated heterocycles. The number of halogens is 1. The molecule has 126 valence electrons. The number of hydrogen-bond donors (Lipinski definition) is 2. The fourth-order valence-electron chi connectivity index (χ4n) is 1.93. The number of aliphatic imine (C=N–C) groups is 1. The normalized spacial score (nSPS) is 12.2. The third kappa shape index (κ3) is 7.22. The summed E-state index contributed by atoms with van der Waals surface area (Å²) in [6, 6.07) is 10.2. The van der Waals surface area contributed by atoms with Crippen molar-refractivity contribution in [3.8, 4) is 5.75 Å². The maximum absolute atomic E-state index is 5.87. The van der Waals surface area contributed by atoms with Gasteiger partial charge >= 0.3 is 0 Å². The Morgan fingerprint density at radius 2 is 1.96 bits per heavy atom. The molecule has 0 saturated carbocycles. The van der Waals surface area contributed by atoms with E-state index in [1.807, 2.05) is 19.1 Å². The van der Waals surface area contributed by atoms with Crippen LogP contribution in [-0.2, 0) is 6.54 Å². The lowest BCUT2D eigenvalue weighted by atomic mass is 10.2. The number of nitrogens with one attached hydrogen (secondary N) is 2. The van der Waals surface area contributed by atoms with Gasteiger partial charge in [0.2, 0.25) is 0 Å². The first-order valence-corrected chi connectivity index (χ1v) is 8.30. The van der Waals surface area contributed by atoms with Gasteiger partial charge in [0.25, 0.3) is 0 Å². The van der Waals surface area contributed by atoms with E-state index in [1.54, 1.807) is 18.4 Å². The number of thiophene rings is 1. The summed E-state index contributed by atoms with van der Waals surface area (Å²) in [5.41, 5.74) is 2.49. The van der Waals surface area contributed by atoms with Gasteiger partial charge in [0.15, 0.2) is 5.96 Å². The highest BCUT2D eigenvalue weighted by Crippen LogP contribution is 2.12. The van der Waals surface area contributed by atoms with E-state index < -0.39 is 0 Å². The lowest BCUT2D eigenvalue weighted by Crippen LogP contribution is -2.41. The molecule has 1 aromatic heterocycles. The van der Waals surface area contributed by atoms with Crippen LogP contribution in [0.5, 0.6) is 5.75 Å². The van der Waals surface area contributed by atoms with Gasteiger partial charge in [-0.15, -0.1) is 24.0 Å². The second-order valence-corrected chi connectivity index (χ2v) is 5.96. The molecule has 1 unspecified atom stereocenters. The van der Waals surface area contributed by atoms with E-state index in [9.17, 15) is 0 Å². The summed E-state index contributed by atoms with van der Waals surface area (Å²) in [5.74, 6) is 1.67. The Hall–Kier alpha value is -1.28. The highest BCUT2D eigenvalue weighted by molar-refractivity contribution is 14.0. The maximum Gasteiger partial charge on any atom is 0.191 e. The maximum atomic E-state index is 5.87. The molecule has 0 spiro atoms. The molecule has 23 heavy (non-hydrogen) atoms. The Labute approximate surface area is 159 Å². The topological polar surface area (TPSA) is 45.7 Å². The zero-order chi connectivity index (χ0) is 15.8. The minimum absolute atomic E-state index is 0. The van der Waals surface area contributed by atoms with Crippen molar-refractivity contribution in [1.82, 2.24) is 10.6 Å². The molecule has 1 heterocycles. The van der Waals surface area contributed by atoms with Crippen molar-refractivity contribution in [2.24, 2.45) is 4.99 Å². The third-order valence-electron chi connectivity index (χ3n) is 3.18. The molecule has 1 atom stereocenters. The van der Waals surface area contributed by atoms with E-state index in [4.69, 9.17) is 4.74 Å². The van der Waals surface area contributed by atoms with Crippen LogP contribution in [0.1, 0.15) is 18.1 Å². The van der Waals surface area contributed by atoms with Gasteiger partial charge in [0.1, 0.15) is 11.9 Å². The second-order valence-electron chi connectivity index (χ2n) is 5.18. The van der Waals surface area contributed by atoms with Crippen LogP contribution in [0.15, 0.2) is 46.1 Å². The number of hydrogen-bond acceptors (Lipinski definition) is 3. The SMILES string of the molecule is CN=C(NCc1ccsc1)NCC(C)Oc1ccc(C)cc1.I. The van der Waals surface area contributed by atoms with Crippen LogP contribution < -0.4 is 15.4 Å².